The number of piperidine rings is 1. The van der Waals surface area contributed by atoms with Gasteiger partial charge in [0.25, 0.3) is 0 Å². The molecule has 0 aliphatic carbocycles. The van der Waals surface area contributed by atoms with Crippen molar-refractivity contribution >= 4 is 55.0 Å². The zero-order valence-corrected chi connectivity index (χ0v) is 12.7. The summed E-state index contributed by atoms with van der Waals surface area (Å²) in [5.74, 6) is -0.411. The summed E-state index contributed by atoms with van der Waals surface area (Å²) in [6.07, 6.45) is 0.972. The molecular formula is C10H10Br2N2O2S. The molecule has 0 aromatic carbocycles. The first-order valence-electron chi connectivity index (χ1n) is 5.07. The Labute approximate surface area is 119 Å². The molecule has 0 bridgehead atoms. The van der Waals surface area contributed by atoms with Gasteiger partial charge in [-0.2, -0.15) is 0 Å². The van der Waals surface area contributed by atoms with E-state index in [9.17, 15) is 9.59 Å². The number of rotatable bonds is 3. The Morgan fingerprint density at radius 1 is 1.47 bits per heavy atom. The third-order valence-corrected chi connectivity index (χ3v) is 5.71. The van der Waals surface area contributed by atoms with Gasteiger partial charge in [-0.1, -0.05) is 0 Å². The quantitative estimate of drug-likeness (QED) is 0.789. The summed E-state index contributed by atoms with van der Waals surface area (Å²) in [7, 11) is 0. The summed E-state index contributed by atoms with van der Waals surface area (Å²) in [6.45, 7) is 0.626. The van der Waals surface area contributed by atoms with E-state index in [2.05, 4.69) is 42.5 Å². The summed E-state index contributed by atoms with van der Waals surface area (Å²) in [5, 5.41) is 5.48. The molecule has 0 spiro atoms. The first-order chi connectivity index (χ1) is 8.06. The highest BCUT2D eigenvalue weighted by atomic mass is 79.9. The van der Waals surface area contributed by atoms with Gasteiger partial charge < -0.3 is 5.32 Å². The summed E-state index contributed by atoms with van der Waals surface area (Å²) in [5.41, 5.74) is 0. The van der Waals surface area contributed by atoms with Gasteiger partial charge in [0, 0.05) is 22.3 Å². The van der Waals surface area contributed by atoms with E-state index in [4.69, 9.17) is 0 Å². The van der Waals surface area contributed by atoms with Gasteiger partial charge in [0.15, 0.2) is 0 Å². The zero-order valence-electron chi connectivity index (χ0n) is 8.76. The first-order valence-corrected chi connectivity index (χ1v) is 7.47. The number of imide groups is 1. The topological polar surface area (TPSA) is 58.2 Å². The van der Waals surface area contributed by atoms with Crippen molar-refractivity contribution in [2.45, 2.75) is 25.4 Å². The molecule has 1 aliphatic heterocycles. The Hall–Kier alpha value is -0.240. The predicted molar refractivity (Wildman–Crippen MR) is 72.7 cm³/mol. The minimum absolute atomic E-state index is 0.185. The molecule has 0 radical (unpaired) electrons. The molecule has 7 heteroatoms. The van der Waals surface area contributed by atoms with Crippen LogP contribution in [0.5, 0.6) is 0 Å². The lowest BCUT2D eigenvalue weighted by Crippen LogP contribution is -2.50. The molecule has 17 heavy (non-hydrogen) atoms. The van der Waals surface area contributed by atoms with E-state index in [1.807, 2.05) is 6.07 Å². The zero-order chi connectivity index (χ0) is 12.4. The van der Waals surface area contributed by atoms with Crippen molar-refractivity contribution in [2.24, 2.45) is 0 Å². The van der Waals surface area contributed by atoms with Gasteiger partial charge >= 0.3 is 0 Å². The monoisotopic (exact) mass is 380 g/mol. The average molecular weight is 382 g/mol. The summed E-state index contributed by atoms with van der Waals surface area (Å²) < 4.78 is 2.06. The molecule has 1 fully saturated rings. The lowest BCUT2D eigenvalue weighted by Gasteiger charge is -2.21. The van der Waals surface area contributed by atoms with Crippen molar-refractivity contribution in [1.82, 2.24) is 10.6 Å². The van der Waals surface area contributed by atoms with Crippen molar-refractivity contribution in [3.8, 4) is 0 Å². The molecule has 92 valence electrons. The van der Waals surface area contributed by atoms with Crippen molar-refractivity contribution in [3.05, 3.63) is 19.2 Å². The minimum atomic E-state index is -0.271. The Bertz CT molecular complexity index is 442. The molecule has 2 heterocycles. The molecule has 1 saturated heterocycles. The van der Waals surface area contributed by atoms with Crippen LogP contribution in [0, 0.1) is 0 Å². The first kappa shape index (κ1) is 13.2. The van der Waals surface area contributed by atoms with Crippen LogP contribution in [0.1, 0.15) is 17.7 Å². The molecule has 2 rings (SSSR count). The van der Waals surface area contributed by atoms with Crippen molar-refractivity contribution in [3.63, 3.8) is 0 Å². The number of hydrogen-bond acceptors (Lipinski definition) is 4. The van der Waals surface area contributed by atoms with Crippen LogP contribution in [-0.2, 0) is 16.1 Å². The van der Waals surface area contributed by atoms with Crippen molar-refractivity contribution in [2.75, 3.05) is 0 Å². The van der Waals surface area contributed by atoms with Gasteiger partial charge in [0.2, 0.25) is 11.8 Å². The Balaban J connectivity index is 1.90. The molecule has 1 aromatic rings. The van der Waals surface area contributed by atoms with E-state index >= 15 is 0 Å². The van der Waals surface area contributed by atoms with Crippen LogP contribution < -0.4 is 10.6 Å². The van der Waals surface area contributed by atoms with Crippen LogP contribution in [0.15, 0.2) is 14.3 Å². The van der Waals surface area contributed by atoms with Crippen molar-refractivity contribution in [1.29, 1.82) is 0 Å². The van der Waals surface area contributed by atoms with Crippen LogP contribution in [-0.4, -0.2) is 17.9 Å². The lowest BCUT2D eigenvalue weighted by molar-refractivity contribution is -0.134. The third kappa shape index (κ3) is 3.37. The lowest BCUT2D eigenvalue weighted by atomic mass is 10.1. The second-order valence-corrected chi connectivity index (χ2v) is 7.03. The van der Waals surface area contributed by atoms with Crippen LogP contribution in [0.25, 0.3) is 0 Å². The molecule has 4 nitrogen and oxygen atoms in total. The van der Waals surface area contributed by atoms with Crippen molar-refractivity contribution < 1.29 is 9.59 Å². The summed E-state index contributed by atoms with van der Waals surface area (Å²) in [4.78, 5) is 23.6. The highest BCUT2D eigenvalue weighted by Crippen LogP contribution is 2.32. The van der Waals surface area contributed by atoms with Gasteiger partial charge in [-0.05, 0) is 44.3 Å². The van der Waals surface area contributed by atoms with Gasteiger partial charge in [-0.15, -0.1) is 11.3 Å². The fraction of sp³-hybridized carbons (Fsp3) is 0.400. The average Bonchev–Trinajstić information content (AvgIpc) is 2.57. The number of amides is 2. The third-order valence-electron chi connectivity index (χ3n) is 2.46. The number of thiophene rings is 1. The highest BCUT2D eigenvalue weighted by molar-refractivity contribution is 9.13. The minimum Gasteiger partial charge on any atom is -0.301 e. The number of nitrogens with one attached hydrogen (secondary N) is 2. The van der Waals surface area contributed by atoms with Gasteiger partial charge in [0.05, 0.1) is 9.83 Å². The SMILES string of the molecule is O=C1CCC(NCc2cc(Br)c(Br)s2)C(=O)N1. The maximum absolute atomic E-state index is 11.5. The number of carbonyl (C=O) groups excluding carboxylic acids is 2. The largest absolute Gasteiger partial charge is 0.301 e. The van der Waals surface area contributed by atoms with E-state index in [0.29, 0.717) is 19.4 Å². The summed E-state index contributed by atoms with van der Waals surface area (Å²) >= 11 is 8.45. The summed E-state index contributed by atoms with van der Waals surface area (Å²) in [6, 6.07) is 1.74. The van der Waals surface area contributed by atoms with Gasteiger partial charge in [0.1, 0.15) is 0 Å². The van der Waals surface area contributed by atoms with E-state index < -0.39 is 0 Å². The molecule has 1 aromatic heterocycles. The molecule has 1 unspecified atom stereocenters. The van der Waals surface area contributed by atoms with Gasteiger partial charge in [-0.3, -0.25) is 14.9 Å². The Morgan fingerprint density at radius 3 is 2.82 bits per heavy atom. The van der Waals surface area contributed by atoms with Gasteiger partial charge in [-0.25, -0.2) is 0 Å². The number of hydrogen-bond donors (Lipinski definition) is 2. The van der Waals surface area contributed by atoms with Crippen LogP contribution in [0.2, 0.25) is 0 Å². The molecular weight excluding hydrogens is 372 g/mol. The fourth-order valence-electron chi connectivity index (χ4n) is 1.59. The maximum Gasteiger partial charge on any atom is 0.243 e. The smallest absolute Gasteiger partial charge is 0.243 e. The highest BCUT2D eigenvalue weighted by Gasteiger charge is 2.25. The van der Waals surface area contributed by atoms with E-state index in [1.165, 1.54) is 0 Å². The Kier molecular flexibility index (Phi) is 4.35. The normalized spacial score (nSPS) is 20.5. The van der Waals surface area contributed by atoms with Crippen LogP contribution in [0.4, 0.5) is 0 Å². The Morgan fingerprint density at radius 2 is 2.24 bits per heavy atom. The molecule has 2 amide bonds. The standard InChI is InChI=1S/C10H10Br2N2O2S/c11-6-3-5(17-9(6)12)4-13-7-1-2-8(15)14-10(7)16/h3,7,13H,1-2,4H2,(H,14,15,16). The van der Waals surface area contributed by atoms with Crippen LogP contribution in [0.3, 0.4) is 0 Å². The number of carbonyl (C=O) groups is 2. The van der Waals surface area contributed by atoms with E-state index in [1.54, 1.807) is 11.3 Å². The predicted octanol–water partition coefficient (Wildman–Crippen LogP) is 2.17. The van der Waals surface area contributed by atoms with E-state index in [0.717, 1.165) is 13.1 Å². The number of halogens is 2. The molecule has 1 aliphatic rings. The maximum atomic E-state index is 11.5. The fourth-order valence-corrected chi connectivity index (χ4v) is 3.72. The molecule has 0 saturated carbocycles. The second kappa shape index (κ2) is 5.60. The van der Waals surface area contributed by atoms with E-state index in [-0.39, 0.29) is 17.9 Å². The second-order valence-electron chi connectivity index (χ2n) is 3.72. The molecule has 1 atom stereocenters. The molecule has 2 N–H and O–H groups in total. The van der Waals surface area contributed by atoms with Crippen LogP contribution >= 0.6 is 43.2 Å².